The molecule has 0 heterocycles. The number of hydrogen-bond acceptors (Lipinski definition) is 4. The van der Waals surface area contributed by atoms with Gasteiger partial charge < -0.3 is 21.1 Å². The van der Waals surface area contributed by atoms with Gasteiger partial charge >= 0.3 is 0 Å². The van der Waals surface area contributed by atoms with E-state index in [2.05, 4.69) is 15.9 Å². The molecular formula is C10H14BrNO3. The molecule has 1 rings (SSSR count). The van der Waals surface area contributed by atoms with Crippen LogP contribution in [0, 0.1) is 0 Å². The Kier molecular flexibility index (Phi) is 4.38. The second-order valence-corrected chi connectivity index (χ2v) is 4.10. The average molecular weight is 276 g/mol. The second-order valence-electron chi connectivity index (χ2n) is 3.30. The number of phenolic OH excluding ortho intramolecular Hbond substituents is 1. The summed E-state index contributed by atoms with van der Waals surface area (Å²) in [5, 5.41) is 29.1. The molecule has 1 aromatic carbocycles. The summed E-state index contributed by atoms with van der Waals surface area (Å²) in [5.74, 6) is 0.0402. The summed E-state index contributed by atoms with van der Waals surface area (Å²) in [5.41, 5.74) is 6.32. The summed E-state index contributed by atoms with van der Waals surface area (Å²) < 4.78 is 0. The maximum atomic E-state index is 9.76. The van der Waals surface area contributed by atoms with Gasteiger partial charge in [-0.15, -0.1) is 0 Å². The zero-order valence-corrected chi connectivity index (χ0v) is 9.68. The lowest BCUT2D eigenvalue weighted by Gasteiger charge is -2.18. The van der Waals surface area contributed by atoms with Gasteiger partial charge in [-0.25, -0.2) is 0 Å². The van der Waals surface area contributed by atoms with E-state index in [0.29, 0.717) is 17.3 Å². The number of aromatic hydroxyl groups is 1. The normalized spacial score (nSPS) is 14.9. The number of halogens is 1. The highest BCUT2D eigenvalue weighted by molar-refractivity contribution is 9.09. The maximum Gasteiger partial charge on any atom is 0.117 e. The van der Waals surface area contributed by atoms with Crippen LogP contribution in [0.15, 0.2) is 18.2 Å². The number of alkyl halides is 1. The quantitative estimate of drug-likeness (QED) is 0.491. The lowest BCUT2D eigenvalue weighted by atomic mass is 10.0. The Balaban J connectivity index is 2.86. The molecule has 0 aliphatic carbocycles. The van der Waals surface area contributed by atoms with Crippen molar-refractivity contribution in [3.8, 4) is 5.75 Å². The molecule has 0 amide bonds. The number of nitrogen functional groups attached to an aromatic ring is 1. The molecule has 1 aromatic rings. The molecule has 2 unspecified atom stereocenters. The first kappa shape index (κ1) is 12.3. The van der Waals surface area contributed by atoms with Crippen LogP contribution in [-0.4, -0.2) is 26.8 Å². The van der Waals surface area contributed by atoms with Crippen molar-refractivity contribution in [2.24, 2.45) is 0 Å². The van der Waals surface area contributed by atoms with Crippen molar-refractivity contribution in [2.75, 3.05) is 11.1 Å². The lowest BCUT2D eigenvalue weighted by Crippen LogP contribution is -2.19. The van der Waals surface area contributed by atoms with Crippen molar-refractivity contribution in [3.05, 3.63) is 23.8 Å². The summed E-state index contributed by atoms with van der Waals surface area (Å²) >= 11 is 3.18. The van der Waals surface area contributed by atoms with E-state index >= 15 is 0 Å². The maximum absolute atomic E-state index is 9.76. The van der Waals surface area contributed by atoms with Crippen LogP contribution in [0.2, 0.25) is 0 Å². The Bertz CT molecular complexity index is 332. The second kappa shape index (κ2) is 5.34. The summed E-state index contributed by atoms with van der Waals surface area (Å²) in [6.45, 7) is 0. The van der Waals surface area contributed by atoms with Crippen LogP contribution in [0.1, 0.15) is 18.1 Å². The predicted molar refractivity (Wildman–Crippen MR) is 61.9 cm³/mol. The molecule has 0 aromatic heterocycles. The molecule has 0 spiro atoms. The van der Waals surface area contributed by atoms with Crippen LogP contribution in [-0.2, 0) is 0 Å². The standard InChI is InChI=1S/C10H14BrNO3/c11-4-3-9(14)10(15)7-2-1-6(13)5-8(7)12/h1-2,5,9-10,13-15H,3-4,12H2. The van der Waals surface area contributed by atoms with E-state index in [0.717, 1.165) is 0 Å². The van der Waals surface area contributed by atoms with E-state index in [9.17, 15) is 10.2 Å². The molecule has 0 radical (unpaired) electrons. The molecule has 84 valence electrons. The molecule has 2 atom stereocenters. The molecule has 0 fully saturated rings. The molecule has 0 aliphatic heterocycles. The van der Waals surface area contributed by atoms with Crippen LogP contribution >= 0.6 is 15.9 Å². The van der Waals surface area contributed by atoms with E-state index in [1.807, 2.05) is 0 Å². The molecular weight excluding hydrogens is 262 g/mol. The van der Waals surface area contributed by atoms with Gasteiger partial charge in [-0.3, -0.25) is 0 Å². The first-order valence-corrected chi connectivity index (χ1v) is 5.69. The molecule has 0 saturated carbocycles. The summed E-state index contributed by atoms with van der Waals surface area (Å²) in [6.07, 6.45) is -1.46. The van der Waals surface area contributed by atoms with E-state index < -0.39 is 12.2 Å². The van der Waals surface area contributed by atoms with E-state index in [-0.39, 0.29) is 11.4 Å². The Hall–Kier alpha value is -0.780. The molecule has 0 bridgehead atoms. The molecule has 5 heteroatoms. The van der Waals surface area contributed by atoms with Gasteiger partial charge in [0.2, 0.25) is 0 Å². The average Bonchev–Trinajstić information content (AvgIpc) is 2.17. The van der Waals surface area contributed by atoms with Gasteiger partial charge in [-0.05, 0) is 12.5 Å². The van der Waals surface area contributed by atoms with E-state index in [1.165, 1.54) is 18.2 Å². The molecule has 0 aliphatic rings. The van der Waals surface area contributed by atoms with E-state index in [1.54, 1.807) is 0 Å². The summed E-state index contributed by atoms with van der Waals surface area (Å²) in [4.78, 5) is 0. The molecule has 0 saturated heterocycles. The number of aliphatic hydroxyl groups excluding tert-OH is 2. The zero-order chi connectivity index (χ0) is 11.4. The van der Waals surface area contributed by atoms with Crippen molar-refractivity contribution in [3.63, 3.8) is 0 Å². The van der Waals surface area contributed by atoms with Gasteiger partial charge in [0.05, 0.1) is 6.10 Å². The number of nitrogens with two attached hydrogens (primary N) is 1. The number of aliphatic hydroxyl groups is 2. The predicted octanol–water partition coefficient (Wildman–Crippen LogP) is 1.15. The molecule has 15 heavy (non-hydrogen) atoms. The smallest absolute Gasteiger partial charge is 0.117 e. The third-order valence-electron chi connectivity index (χ3n) is 2.16. The minimum Gasteiger partial charge on any atom is -0.508 e. The van der Waals surface area contributed by atoms with Crippen LogP contribution < -0.4 is 5.73 Å². The third-order valence-corrected chi connectivity index (χ3v) is 2.62. The fourth-order valence-corrected chi connectivity index (χ4v) is 1.78. The van der Waals surface area contributed by atoms with Crippen molar-refractivity contribution in [2.45, 2.75) is 18.6 Å². The van der Waals surface area contributed by atoms with Gasteiger partial charge in [0, 0.05) is 22.6 Å². The lowest BCUT2D eigenvalue weighted by molar-refractivity contribution is 0.0178. The first-order valence-electron chi connectivity index (χ1n) is 4.56. The highest BCUT2D eigenvalue weighted by Gasteiger charge is 2.19. The topological polar surface area (TPSA) is 86.7 Å². The summed E-state index contributed by atoms with van der Waals surface area (Å²) in [7, 11) is 0. The van der Waals surface area contributed by atoms with Crippen molar-refractivity contribution < 1.29 is 15.3 Å². The SMILES string of the molecule is Nc1cc(O)ccc1C(O)C(O)CCBr. The third kappa shape index (κ3) is 3.09. The first-order chi connectivity index (χ1) is 7.06. The Labute approximate surface area is 96.5 Å². The Morgan fingerprint density at radius 3 is 2.53 bits per heavy atom. The van der Waals surface area contributed by atoms with Crippen LogP contribution in [0.4, 0.5) is 5.69 Å². The number of phenols is 1. The van der Waals surface area contributed by atoms with Crippen LogP contribution in [0.5, 0.6) is 5.75 Å². The highest BCUT2D eigenvalue weighted by Crippen LogP contribution is 2.27. The number of rotatable bonds is 4. The number of anilines is 1. The van der Waals surface area contributed by atoms with Crippen molar-refractivity contribution in [1.29, 1.82) is 0 Å². The Morgan fingerprint density at radius 1 is 1.33 bits per heavy atom. The fourth-order valence-electron chi connectivity index (χ4n) is 1.31. The number of benzene rings is 1. The van der Waals surface area contributed by atoms with Crippen molar-refractivity contribution in [1.82, 2.24) is 0 Å². The largest absolute Gasteiger partial charge is 0.508 e. The fraction of sp³-hybridized carbons (Fsp3) is 0.400. The van der Waals surface area contributed by atoms with Gasteiger partial charge in [-0.2, -0.15) is 0 Å². The minimum atomic E-state index is -1.02. The number of hydrogen-bond donors (Lipinski definition) is 4. The molecule has 4 nitrogen and oxygen atoms in total. The van der Waals surface area contributed by atoms with Crippen LogP contribution in [0.25, 0.3) is 0 Å². The van der Waals surface area contributed by atoms with Crippen LogP contribution in [0.3, 0.4) is 0 Å². The van der Waals surface area contributed by atoms with Crippen molar-refractivity contribution >= 4 is 21.6 Å². The zero-order valence-electron chi connectivity index (χ0n) is 8.10. The van der Waals surface area contributed by atoms with E-state index in [4.69, 9.17) is 10.8 Å². The van der Waals surface area contributed by atoms with Gasteiger partial charge in [0.15, 0.2) is 0 Å². The minimum absolute atomic E-state index is 0.0402. The summed E-state index contributed by atoms with van der Waals surface area (Å²) in [6, 6.07) is 4.28. The van der Waals surface area contributed by atoms with Gasteiger partial charge in [0.1, 0.15) is 11.9 Å². The highest BCUT2D eigenvalue weighted by atomic mass is 79.9. The molecule has 5 N–H and O–H groups in total. The monoisotopic (exact) mass is 275 g/mol. The van der Waals surface area contributed by atoms with Gasteiger partial charge in [0.25, 0.3) is 0 Å². The Morgan fingerprint density at radius 2 is 2.00 bits per heavy atom. The van der Waals surface area contributed by atoms with Gasteiger partial charge in [-0.1, -0.05) is 22.0 Å².